The number of para-hydroxylation sites is 1. The van der Waals surface area contributed by atoms with Crippen molar-refractivity contribution >= 4 is 48.6 Å². The smallest absolute Gasteiger partial charge is 0.0714 e. The number of thiophene rings is 1. The molecule has 0 spiro atoms. The van der Waals surface area contributed by atoms with Crippen LogP contribution >= 0.6 is 11.3 Å². The second kappa shape index (κ2) is 13.0. The molecule has 0 saturated heterocycles. The summed E-state index contributed by atoms with van der Waals surface area (Å²) in [7, 11) is 0. The van der Waals surface area contributed by atoms with Crippen molar-refractivity contribution in [1.82, 2.24) is 0 Å². The summed E-state index contributed by atoms with van der Waals surface area (Å²) >= 11 is 1.92. The third-order valence-electron chi connectivity index (χ3n) is 13.2. The fraction of sp³-hybridized carbons (Fsp3) is 0.0526. The summed E-state index contributed by atoms with van der Waals surface area (Å²) < 4.78 is 2.64. The average Bonchev–Trinajstić information content (AvgIpc) is 3.92. The van der Waals surface area contributed by atoms with Gasteiger partial charge >= 0.3 is 0 Å². The molecule has 0 aliphatic heterocycles. The van der Waals surface area contributed by atoms with Crippen molar-refractivity contribution in [2.75, 3.05) is 4.90 Å². The van der Waals surface area contributed by atoms with Gasteiger partial charge in [-0.05, 0) is 105 Å². The fourth-order valence-corrected chi connectivity index (χ4v) is 12.0. The van der Waals surface area contributed by atoms with Crippen LogP contribution in [0.2, 0.25) is 0 Å². The highest BCUT2D eigenvalue weighted by molar-refractivity contribution is 7.26. The zero-order valence-corrected chi connectivity index (χ0v) is 33.5. The van der Waals surface area contributed by atoms with Crippen molar-refractivity contribution in [3.8, 4) is 22.3 Å². The summed E-state index contributed by atoms with van der Waals surface area (Å²) in [6, 6.07) is 81.1. The first kappa shape index (κ1) is 34.1. The van der Waals surface area contributed by atoms with Crippen LogP contribution in [0.5, 0.6) is 0 Å². The van der Waals surface area contributed by atoms with Crippen molar-refractivity contribution in [1.29, 1.82) is 0 Å². The normalized spacial score (nSPS) is 14.1. The van der Waals surface area contributed by atoms with E-state index in [1.807, 2.05) is 11.3 Å². The second-order valence-electron chi connectivity index (χ2n) is 16.1. The topological polar surface area (TPSA) is 3.24 Å². The van der Waals surface area contributed by atoms with Gasteiger partial charge in [0.05, 0.1) is 5.41 Å². The molecule has 0 atom stereocenters. The van der Waals surface area contributed by atoms with Gasteiger partial charge in [-0.25, -0.2) is 0 Å². The van der Waals surface area contributed by atoms with Gasteiger partial charge < -0.3 is 4.90 Å². The molecule has 10 aromatic rings. The molecule has 0 amide bonds. The van der Waals surface area contributed by atoms with Crippen molar-refractivity contribution in [3.63, 3.8) is 0 Å². The molecule has 59 heavy (non-hydrogen) atoms. The molecular weight excluding hydrogens is 731 g/mol. The average molecular weight is 770 g/mol. The SMILES string of the molecule is CC1(c2cccc3c2sc2cc(N(c4ccccc4)c4ccc5c(c4)C(c4ccccc4)(c4ccccc4)c4ccccc4-5)ccc23)c2ccccc2-c2ccccc21. The summed E-state index contributed by atoms with van der Waals surface area (Å²) in [5, 5.41) is 2.61. The summed E-state index contributed by atoms with van der Waals surface area (Å²) in [5.74, 6) is 0. The number of rotatable bonds is 6. The van der Waals surface area contributed by atoms with Gasteiger partial charge in [0.25, 0.3) is 0 Å². The molecule has 9 aromatic carbocycles. The lowest BCUT2D eigenvalue weighted by molar-refractivity contribution is 0.722. The summed E-state index contributed by atoms with van der Waals surface area (Å²) in [4.78, 5) is 2.44. The fourth-order valence-electron chi connectivity index (χ4n) is 10.7. The lowest BCUT2D eigenvalue weighted by Crippen LogP contribution is -2.28. The number of anilines is 3. The highest BCUT2D eigenvalue weighted by atomic mass is 32.1. The van der Waals surface area contributed by atoms with Gasteiger partial charge in [0.2, 0.25) is 0 Å². The Morgan fingerprint density at radius 3 is 1.49 bits per heavy atom. The van der Waals surface area contributed by atoms with Crippen LogP contribution < -0.4 is 4.90 Å². The second-order valence-corrected chi connectivity index (χ2v) is 17.2. The number of fused-ring (bicyclic) bond motifs is 9. The minimum Gasteiger partial charge on any atom is -0.310 e. The van der Waals surface area contributed by atoms with Gasteiger partial charge in [-0.2, -0.15) is 0 Å². The predicted octanol–water partition coefficient (Wildman–Crippen LogP) is 15.2. The molecule has 1 nitrogen and oxygen atoms in total. The van der Waals surface area contributed by atoms with E-state index < -0.39 is 5.41 Å². The van der Waals surface area contributed by atoms with Crippen LogP contribution in [0.15, 0.2) is 218 Å². The van der Waals surface area contributed by atoms with Gasteiger partial charge in [0, 0.05) is 42.6 Å². The number of hydrogen-bond donors (Lipinski definition) is 0. The molecular formula is C57H39NS. The zero-order valence-electron chi connectivity index (χ0n) is 32.6. The van der Waals surface area contributed by atoms with E-state index in [9.17, 15) is 0 Å². The summed E-state index contributed by atoms with van der Waals surface area (Å²) in [5.41, 5.74) is 17.2. The molecule has 1 aromatic heterocycles. The van der Waals surface area contributed by atoms with Crippen LogP contribution in [0, 0.1) is 0 Å². The van der Waals surface area contributed by atoms with E-state index in [-0.39, 0.29) is 5.41 Å². The first-order chi connectivity index (χ1) is 29.2. The van der Waals surface area contributed by atoms with E-state index in [2.05, 4.69) is 230 Å². The Labute approximate surface area is 349 Å². The molecule has 0 N–H and O–H groups in total. The van der Waals surface area contributed by atoms with Crippen LogP contribution in [0.3, 0.4) is 0 Å². The Morgan fingerprint density at radius 2 is 0.847 bits per heavy atom. The Morgan fingerprint density at radius 1 is 0.356 bits per heavy atom. The van der Waals surface area contributed by atoms with Crippen LogP contribution in [0.1, 0.15) is 45.9 Å². The van der Waals surface area contributed by atoms with E-state index in [0.29, 0.717) is 0 Å². The third kappa shape index (κ3) is 4.78. The van der Waals surface area contributed by atoms with E-state index in [1.54, 1.807) is 0 Å². The lowest BCUT2D eigenvalue weighted by atomic mass is 9.67. The van der Waals surface area contributed by atoms with Gasteiger partial charge in [0.15, 0.2) is 0 Å². The minimum absolute atomic E-state index is 0.265. The zero-order chi connectivity index (χ0) is 39.1. The minimum atomic E-state index is -0.480. The predicted molar refractivity (Wildman–Crippen MR) is 249 cm³/mol. The van der Waals surface area contributed by atoms with E-state index in [1.165, 1.54) is 81.4 Å². The molecule has 2 aliphatic rings. The van der Waals surface area contributed by atoms with Gasteiger partial charge in [0.1, 0.15) is 0 Å². The Kier molecular flexibility index (Phi) is 7.51. The maximum atomic E-state index is 2.46. The first-order valence-corrected chi connectivity index (χ1v) is 21.3. The number of benzene rings is 9. The molecule has 0 fully saturated rings. The lowest BCUT2D eigenvalue weighted by Gasteiger charge is -2.35. The van der Waals surface area contributed by atoms with Crippen molar-refractivity contribution < 1.29 is 0 Å². The molecule has 0 radical (unpaired) electrons. The molecule has 278 valence electrons. The van der Waals surface area contributed by atoms with Gasteiger partial charge in [-0.3, -0.25) is 0 Å². The van der Waals surface area contributed by atoms with E-state index in [0.717, 1.165) is 17.1 Å². The molecule has 12 rings (SSSR count). The Hall–Kier alpha value is -7.00. The standard InChI is InChI=1S/C57H39NS/c1-56(49-28-14-11-24-43(49)44-25-12-15-29-50(44)56)52-31-17-27-48-47-35-33-42(37-54(47)59-55(48)52)58(40-22-9-4-10-23-40)41-32-34-46-45-26-13-16-30-51(45)57(53(46)36-41,38-18-5-2-6-19-38)39-20-7-3-8-21-39/h2-37H,1H3. The first-order valence-electron chi connectivity index (χ1n) is 20.5. The highest BCUT2D eigenvalue weighted by Crippen LogP contribution is 2.58. The number of nitrogens with zero attached hydrogens (tertiary/aromatic N) is 1. The van der Waals surface area contributed by atoms with Crippen LogP contribution in [-0.4, -0.2) is 0 Å². The molecule has 2 heteroatoms. The molecule has 2 aliphatic carbocycles. The largest absolute Gasteiger partial charge is 0.310 e. The van der Waals surface area contributed by atoms with E-state index in [4.69, 9.17) is 0 Å². The number of hydrogen-bond acceptors (Lipinski definition) is 2. The molecule has 0 saturated carbocycles. The van der Waals surface area contributed by atoms with Gasteiger partial charge in [-0.15, -0.1) is 11.3 Å². The van der Waals surface area contributed by atoms with Crippen molar-refractivity contribution in [2.45, 2.75) is 17.8 Å². The Balaban J connectivity index is 1.06. The van der Waals surface area contributed by atoms with Crippen LogP contribution in [-0.2, 0) is 10.8 Å². The molecule has 1 heterocycles. The summed E-state index contributed by atoms with van der Waals surface area (Å²) in [6.07, 6.45) is 0. The van der Waals surface area contributed by atoms with Crippen LogP contribution in [0.4, 0.5) is 17.1 Å². The maximum absolute atomic E-state index is 2.46. The molecule has 0 bridgehead atoms. The monoisotopic (exact) mass is 769 g/mol. The third-order valence-corrected chi connectivity index (χ3v) is 14.4. The summed E-state index contributed by atoms with van der Waals surface area (Å²) in [6.45, 7) is 2.43. The van der Waals surface area contributed by atoms with Crippen LogP contribution in [0.25, 0.3) is 42.4 Å². The van der Waals surface area contributed by atoms with Crippen molar-refractivity contribution in [2.24, 2.45) is 0 Å². The van der Waals surface area contributed by atoms with E-state index >= 15 is 0 Å². The maximum Gasteiger partial charge on any atom is 0.0714 e. The molecule has 0 unspecified atom stereocenters. The van der Waals surface area contributed by atoms with Gasteiger partial charge in [-0.1, -0.05) is 182 Å². The Bertz CT molecular complexity index is 3150. The highest BCUT2D eigenvalue weighted by Gasteiger charge is 2.46. The van der Waals surface area contributed by atoms with Crippen molar-refractivity contribution in [3.05, 3.63) is 257 Å². The quantitative estimate of drug-likeness (QED) is 0.163.